The Balaban J connectivity index is 2.12. The van der Waals surface area contributed by atoms with Crippen molar-refractivity contribution in [2.75, 3.05) is 6.54 Å². The van der Waals surface area contributed by atoms with Gasteiger partial charge in [-0.05, 0) is 50.1 Å². The standard InChI is InChI=1S/C18H21NO2/c1-12(2)21-16-10-9-13-6-3-4-7-14(13)17(16)18(20)15-8-5-11-19-15/h3-4,6-7,9-10,12,15,19H,5,8,11H2,1-2H3. The molecule has 1 N–H and O–H groups in total. The molecule has 1 saturated heterocycles. The Bertz CT molecular complexity index is 657. The summed E-state index contributed by atoms with van der Waals surface area (Å²) in [6.07, 6.45) is 2.01. The summed E-state index contributed by atoms with van der Waals surface area (Å²) in [5, 5.41) is 5.35. The molecule has 0 spiro atoms. The first-order chi connectivity index (χ1) is 10.2. The minimum absolute atomic E-state index is 0.0502. The number of fused-ring (bicyclic) bond motifs is 1. The quantitative estimate of drug-likeness (QED) is 0.872. The lowest BCUT2D eigenvalue weighted by atomic mass is 9.95. The molecule has 1 atom stereocenters. The van der Waals surface area contributed by atoms with E-state index in [1.165, 1.54) is 0 Å². The zero-order chi connectivity index (χ0) is 14.8. The van der Waals surface area contributed by atoms with Gasteiger partial charge in [-0.15, -0.1) is 0 Å². The Morgan fingerprint density at radius 2 is 2.05 bits per heavy atom. The molecular weight excluding hydrogens is 262 g/mol. The SMILES string of the molecule is CC(C)Oc1ccc2ccccc2c1C(=O)C1CCCN1. The number of carbonyl (C=O) groups is 1. The number of rotatable bonds is 4. The lowest BCUT2D eigenvalue weighted by molar-refractivity contribution is 0.0948. The van der Waals surface area contributed by atoms with E-state index in [4.69, 9.17) is 4.74 Å². The molecule has 3 nitrogen and oxygen atoms in total. The molecule has 21 heavy (non-hydrogen) atoms. The maximum atomic E-state index is 12.9. The molecule has 1 fully saturated rings. The van der Waals surface area contributed by atoms with E-state index in [0.29, 0.717) is 5.75 Å². The van der Waals surface area contributed by atoms with Crippen molar-refractivity contribution in [3.63, 3.8) is 0 Å². The summed E-state index contributed by atoms with van der Waals surface area (Å²) in [6, 6.07) is 11.9. The van der Waals surface area contributed by atoms with E-state index in [1.807, 2.05) is 50.2 Å². The summed E-state index contributed by atoms with van der Waals surface area (Å²) in [7, 11) is 0. The van der Waals surface area contributed by atoms with Gasteiger partial charge in [0.15, 0.2) is 5.78 Å². The smallest absolute Gasteiger partial charge is 0.184 e. The number of benzene rings is 2. The lowest BCUT2D eigenvalue weighted by Crippen LogP contribution is -2.31. The Morgan fingerprint density at radius 1 is 1.24 bits per heavy atom. The van der Waals surface area contributed by atoms with E-state index in [0.717, 1.165) is 35.7 Å². The first-order valence-corrected chi connectivity index (χ1v) is 7.63. The second-order valence-corrected chi connectivity index (χ2v) is 5.84. The predicted octanol–water partition coefficient (Wildman–Crippen LogP) is 3.56. The number of Topliss-reactive ketones (excluding diaryl/α,β-unsaturated/α-hetero) is 1. The summed E-state index contributed by atoms with van der Waals surface area (Å²) in [5.41, 5.74) is 0.723. The van der Waals surface area contributed by atoms with E-state index >= 15 is 0 Å². The van der Waals surface area contributed by atoms with Gasteiger partial charge in [0.25, 0.3) is 0 Å². The molecule has 3 rings (SSSR count). The number of hydrogen-bond donors (Lipinski definition) is 1. The normalized spacial score (nSPS) is 18.3. The third-order valence-electron chi connectivity index (χ3n) is 3.88. The third-order valence-corrected chi connectivity index (χ3v) is 3.88. The molecule has 1 heterocycles. The van der Waals surface area contributed by atoms with Crippen LogP contribution < -0.4 is 10.1 Å². The number of ether oxygens (including phenoxy) is 1. The Morgan fingerprint density at radius 3 is 2.76 bits per heavy atom. The van der Waals surface area contributed by atoms with Crippen molar-refractivity contribution in [1.29, 1.82) is 0 Å². The monoisotopic (exact) mass is 283 g/mol. The van der Waals surface area contributed by atoms with Crippen LogP contribution in [0.5, 0.6) is 5.75 Å². The molecule has 2 aromatic rings. The second-order valence-electron chi connectivity index (χ2n) is 5.84. The first kappa shape index (κ1) is 14.1. The fraction of sp³-hybridized carbons (Fsp3) is 0.389. The first-order valence-electron chi connectivity index (χ1n) is 7.63. The van der Waals surface area contributed by atoms with Crippen molar-refractivity contribution in [3.8, 4) is 5.75 Å². The molecule has 0 radical (unpaired) electrons. The largest absolute Gasteiger partial charge is 0.490 e. The molecule has 2 aromatic carbocycles. The van der Waals surface area contributed by atoms with E-state index in [9.17, 15) is 4.79 Å². The molecule has 0 saturated carbocycles. The fourth-order valence-electron chi connectivity index (χ4n) is 2.94. The average Bonchev–Trinajstić information content (AvgIpc) is 3.00. The van der Waals surface area contributed by atoms with E-state index in [2.05, 4.69) is 5.32 Å². The van der Waals surface area contributed by atoms with E-state index in [1.54, 1.807) is 0 Å². The second kappa shape index (κ2) is 5.86. The third kappa shape index (κ3) is 2.79. The molecule has 0 aromatic heterocycles. The Labute approximate surface area is 125 Å². The number of carbonyl (C=O) groups excluding carboxylic acids is 1. The van der Waals surface area contributed by atoms with Gasteiger partial charge in [0.05, 0.1) is 17.7 Å². The van der Waals surface area contributed by atoms with E-state index in [-0.39, 0.29) is 17.9 Å². The van der Waals surface area contributed by atoms with Gasteiger partial charge in [0.1, 0.15) is 5.75 Å². The number of nitrogens with one attached hydrogen (secondary N) is 1. The number of hydrogen-bond acceptors (Lipinski definition) is 3. The topological polar surface area (TPSA) is 38.3 Å². The van der Waals surface area contributed by atoms with Crippen molar-refractivity contribution in [1.82, 2.24) is 5.32 Å². The maximum Gasteiger partial charge on any atom is 0.184 e. The lowest BCUT2D eigenvalue weighted by Gasteiger charge is -2.18. The van der Waals surface area contributed by atoms with Crippen LogP contribution in [0.1, 0.15) is 37.0 Å². The highest BCUT2D eigenvalue weighted by atomic mass is 16.5. The maximum absolute atomic E-state index is 12.9. The summed E-state index contributed by atoms with van der Waals surface area (Å²) in [6.45, 7) is 4.88. The van der Waals surface area contributed by atoms with Crippen LogP contribution in [0.2, 0.25) is 0 Å². The zero-order valence-corrected chi connectivity index (χ0v) is 12.6. The number of ketones is 1. The van der Waals surface area contributed by atoms with Crippen LogP contribution in [-0.2, 0) is 0 Å². The summed E-state index contributed by atoms with van der Waals surface area (Å²) in [5.74, 6) is 0.849. The van der Waals surface area contributed by atoms with Gasteiger partial charge in [-0.1, -0.05) is 30.3 Å². The van der Waals surface area contributed by atoms with Gasteiger partial charge in [-0.2, -0.15) is 0 Å². The van der Waals surface area contributed by atoms with Gasteiger partial charge < -0.3 is 10.1 Å². The van der Waals surface area contributed by atoms with Gasteiger partial charge in [-0.3, -0.25) is 4.79 Å². The van der Waals surface area contributed by atoms with Gasteiger partial charge in [0, 0.05) is 0 Å². The van der Waals surface area contributed by atoms with E-state index < -0.39 is 0 Å². The highest BCUT2D eigenvalue weighted by molar-refractivity contribution is 6.12. The molecule has 110 valence electrons. The zero-order valence-electron chi connectivity index (χ0n) is 12.6. The molecule has 1 unspecified atom stereocenters. The van der Waals surface area contributed by atoms with Gasteiger partial charge >= 0.3 is 0 Å². The minimum Gasteiger partial charge on any atom is -0.490 e. The summed E-state index contributed by atoms with van der Waals surface area (Å²) < 4.78 is 5.89. The minimum atomic E-state index is -0.0784. The summed E-state index contributed by atoms with van der Waals surface area (Å²) in [4.78, 5) is 12.9. The highest BCUT2D eigenvalue weighted by Crippen LogP contribution is 2.31. The Hall–Kier alpha value is -1.87. The van der Waals surface area contributed by atoms with Crippen molar-refractivity contribution < 1.29 is 9.53 Å². The molecule has 0 aliphatic carbocycles. The van der Waals surface area contributed by atoms with Crippen LogP contribution >= 0.6 is 0 Å². The average molecular weight is 283 g/mol. The predicted molar refractivity (Wildman–Crippen MR) is 85.1 cm³/mol. The van der Waals surface area contributed by atoms with Crippen LogP contribution in [0.4, 0.5) is 0 Å². The summed E-state index contributed by atoms with van der Waals surface area (Å²) >= 11 is 0. The van der Waals surface area contributed by atoms with Crippen molar-refractivity contribution in [2.45, 2.75) is 38.8 Å². The Kier molecular flexibility index (Phi) is 3.93. The van der Waals surface area contributed by atoms with Crippen LogP contribution in [0, 0.1) is 0 Å². The van der Waals surface area contributed by atoms with Crippen LogP contribution in [0.15, 0.2) is 36.4 Å². The highest BCUT2D eigenvalue weighted by Gasteiger charge is 2.27. The molecule has 0 amide bonds. The molecule has 1 aliphatic rings. The van der Waals surface area contributed by atoms with Crippen LogP contribution in [0.3, 0.4) is 0 Å². The molecular formula is C18H21NO2. The van der Waals surface area contributed by atoms with Gasteiger partial charge in [0.2, 0.25) is 0 Å². The fourth-order valence-corrected chi connectivity index (χ4v) is 2.94. The molecule has 1 aliphatic heterocycles. The van der Waals surface area contributed by atoms with Crippen molar-refractivity contribution in [2.24, 2.45) is 0 Å². The molecule has 3 heteroatoms. The van der Waals surface area contributed by atoms with Crippen molar-refractivity contribution in [3.05, 3.63) is 42.0 Å². The van der Waals surface area contributed by atoms with Crippen LogP contribution in [0.25, 0.3) is 10.8 Å². The van der Waals surface area contributed by atoms with Crippen LogP contribution in [-0.4, -0.2) is 24.5 Å². The molecule has 0 bridgehead atoms. The van der Waals surface area contributed by atoms with Gasteiger partial charge in [-0.25, -0.2) is 0 Å². The van der Waals surface area contributed by atoms with Crippen molar-refractivity contribution >= 4 is 16.6 Å².